The Morgan fingerprint density at radius 2 is 1.71 bits per heavy atom. The first-order valence-electron chi connectivity index (χ1n) is 10.2. The van der Waals surface area contributed by atoms with E-state index in [1.807, 2.05) is 48.8 Å². The molecule has 162 valence electrons. The number of carbonyl (C=O) groups is 1. The van der Waals surface area contributed by atoms with Gasteiger partial charge in [0, 0.05) is 48.5 Å². The summed E-state index contributed by atoms with van der Waals surface area (Å²) in [4.78, 5) is 12.8. The maximum Gasteiger partial charge on any atom is 0.235 e. The van der Waals surface area contributed by atoms with Crippen molar-refractivity contribution in [1.29, 1.82) is 0 Å². The van der Waals surface area contributed by atoms with Crippen LogP contribution in [0.1, 0.15) is 24.3 Å². The summed E-state index contributed by atoms with van der Waals surface area (Å²) in [5, 5.41) is 3.59. The van der Waals surface area contributed by atoms with E-state index < -0.39 is 10.0 Å². The Morgan fingerprint density at radius 1 is 1.03 bits per heavy atom. The number of sulfonamides is 1. The molecule has 1 N–H and O–H groups in total. The summed E-state index contributed by atoms with van der Waals surface area (Å²) < 4.78 is 27.6. The number of aromatic nitrogens is 1. The molecule has 2 aromatic carbocycles. The third-order valence-corrected chi connectivity index (χ3v) is 7.53. The predicted octanol–water partition coefficient (Wildman–Crippen LogP) is 4.49. The second-order valence-electron chi connectivity index (χ2n) is 7.67. The van der Waals surface area contributed by atoms with E-state index in [1.165, 1.54) is 4.31 Å². The van der Waals surface area contributed by atoms with Crippen molar-refractivity contribution in [2.75, 3.05) is 21.9 Å². The standard InChI is InChI=1S/C23H24ClN3O3S/c24-20-6-4-18(5-7-20)19(17-26-12-1-2-13-26)16-23(28)25-21-8-10-22(11-9-21)27-14-3-15-31(27,29)30/h1-2,4-13,19H,3,14-17H2,(H,25,28)/t19-/m0/s1. The fraction of sp³-hybridized carbons (Fsp3) is 0.261. The van der Waals surface area contributed by atoms with Crippen LogP contribution >= 0.6 is 11.6 Å². The topological polar surface area (TPSA) is 71.4 Å². The molecule has 4 rings (SSSR count). The van der Waals surface area contributed by atoms with Crippen molar-refractivity contribution >= 4 is 38.9 Å². The summed E-state index contributed by atoms with van der Waals surface area (Å²) in [6, 6.07) is 18.4. The number of halogens is 1. The van der Waals surface area contributed by atoms with E-state index in [1.54, 1.807) is 24.3 Å². The number of anilines is 2. The number of hydrogen-bond donors (Lipinski definition) is 1. The number of nitrogens with zero attached hydrogens (tertiary/aromatic N) is 2. The van der Waals surface area contributed by atoms with Crippen LogP contribution in [-0.4, -0.2) is 31.2 Å². The summed E-state index contributed by atoms with van der Waals surface area (Å²) >= 11 is 6.02. The predicted molar refractivity (Wildman–Crippen MR) is 124 cm³/mol. The average molecular weight is 458 g/mol. The molecule has 1 aromatic heterocycles. The lowest BCUT2D eigenvalue weighted by atomic mass is 9.95. The minimum absolute atomic E-state index is 0.0151. The van der Waals surface area contributed by atoms with Gasteiger partial charge in [0.15, 0.2) is 0 Å². The third kappa shape index (κ3) is 5.29. The highest BCUT2D eigenvalue weighted by molar-refractivity contribution is 7.93. The van der Waals surface area contributed by atoms with Crippen LogP contribution < -0.4 is 9.62 Å². The van der Waals surface area contributed by atoms with Crippen molar-refractivity contribution in [1.82, 2.24) is 4.57 Å². The van der Waals surface area contributed by atoms with Gasteiger partial charge in [-0.3, -0.25) is 9.10 Å². The van der Waals surface area contributed by atoms with Crippen LogP contribution in [0, 0.1) is 0 Å². The average Bonchev–Trinajstić information content (AvgIpc) is 3.37. The molecule has 0 saturated carbocycles. The van der Waals surface area contributed by atoms with E-state index in [-0.39, 0.29) is 17.6 Å². The molecule has 0 bridgehead atoms. The first kappa shape index (κ1) is 21.5. The van der Waals surface area contributed by atoms with Gasteiger partial charge in [-0.25, -0.2) is 8.42 Å². The van der Waals surface area contributed by atoms with Gasteiger partial charge in [0.2, 0.25) is 15.9 Å². The normalized spacial score (nSPS) is 16.2. The molecule has 1 aliphatic rings. The first-order valence-corrected chi connectivity index (χ1v) is 12.2. The van der Waals surface area contributed by atoms with Gasteiger partial charge in [-0.2, -0.15) is 0 Å². The quantitative estimate of drug-likeness (QED) is 0.568. The van der Waals surface area contributed by atoms with Gasteiger partial charge in [-0.1, -0.05) is 23.7 Å². The van der Waals surface area contributed by atoms with Crippen molar-refractivity contribution in [3.05, 3.63) is 83.6 Å². The lowest BCUT2D eigenvalue weighted by Gasteiger charge is -2.19. The Bertz CT molecular complexity index is 1130. The Morgan fingerprint density at radius 3 is 2.32 bits per heavy atom. The van der Waals surface area contributed by atoms with Gasteiger partial charge in [0.25, 0.3) is 0 Å². The van der Waals surface area contributed by atoms with Crippen LogP contribution in [0.4, 0.5) is 11.4 Å². The van der Waals surface area contributed by atoms with E-state index in [9.17, 15) is 13.2 Å². The second-order valence-corrected chi connectivity index (χ2v) is 10.1. The molecule has 1 saturated heterocycles. The molecule has 1 amide bonds. The largest absolute Gasteiger partial charge is 0.354 e. The molecule has 31 heavy (non-hydrogen) atoms. The van der Waals surface area contributed by atoms with Crippen molar-refractivity contribution in [2.45, 2.75) is 25.3 Å². The van der Waals surface area contributed by atoms with Gasteiger partial charge >= 0.3 is 0 Å². The highest BCUT2D eigenvalue weighted by Crippen LogP contribution is 2.27. The van der Waals surface area contributed by atoms with Crippen LogP contribution in [-0.2, 0) is 21.4 Å². The minimum Gasteiger partial charge on any atom is -0.354 e. The SMILES string of the molecule is O=C(C[C@@H](Cn1cccc1)c1ccc(Cl)cc1)Nc1ccc(N2CCCS2(=O)=O)cc1. The number of rotatable bonds is 7. The number of nitrogens with one attached hydrogen (secondary N) is 1. The fourth-order valence-electron chi connectivity index (χ4n) is 3.85. The molecular weight excluding hydrogens is 434 g/mol. The Hall–Kier alpha value is -2.77. The van der Waals surface area contributed by atoms with Gasteiger partial charge in [0.1, 0.15) is 0 Å². The van der Waals surface area contributed by atoms with Crippen LogP contribution in [0.3, 0.4) is 0 Å². The highest BCUT2D eigenvalue weighted by atomic mass is 35.5. The van der Waals surface area contributed by atoms with E-state index in [0.29, 0.717) is 42.3 Å². The highest BCUT2D eigenvalue weighted by Gasteiger charge is 2.28. The van der Waals surface area contributed by atoms with Crippen molar-refractivity contribution in [2.24, 2.45) is 0 Å². The number of hydrogen-bond acceptors (Lipinski definition) is 3. The zero-order valence-corrected chi connectivity index (χ0v) is 18.5. The van der Waals surface area contributed by atoms with Crippen LogP contribution in [0.2, 0.25) is 5.02 Å². The van der Waals surface area contributed by atoms with Gasteiger partial charge in [0.05, 0.1) is 11.4 Å². The zero-order chi connectivity index (χ0) is 21.8. The Kier molecular flexibility index (Phi) is 6.34. The molecule has 6 nitrogen and oxygen atoms in total. The minimum atomic E-state index is -3.22. The van der Waals surface area contributed by atoms with E-state index >= 15 is 0 Å². The molecule has 0 radical (unpaired) electrons. The van der Waals surface area contributed by atoms with Crippen LogP contribution in [0.5, 0.6) is 0 Å². The molecule has 0 unspecified atom stereocenters. The Balaban J connectivity index is 1.44. The van der Waals surface area contributed by atoms with E-state index in [4.69, 9.17) is 11.6 Å². The third-order valence-electron chi connectivity index (χ3n) is 5.41. The summed E-state index contributed by atoms with van der Waals surface area (Å²) in [7, 11) is -3.22. The fourth-order valence-corrected chi connectivity index (χ4v) is 5.54. The molecule has 1 fully saturated rings. The molecule has 1 atom stereocenters. The van der Waals surface area contributed by atoms with Gasteiger partial charge in [-0.15, -0.1) is 0 Å². The smallest absolute Gasteiger partial charge is 0.235 e. The Labute approximate surface area is 187 Å². The molecule has 3 aromatic rings. The number of benzene rings is 2. The maximum absolute atomic E-state index is 12.8. The number of amides is 1. The molecular formula is C23H24ClN3O3S. The summed E-state index contributed by atoms with van der Waals surface area (Å²) in [6.45, 7) is 1.17. The summed E-state index contributed by atoms with van der Waals surface area (Å²) in [5.41, 5.74) is 2.31. The first-order chi connectivity index (χ1) is 14.9. The second kappa shape index (κ2) is 9.16. The van der Waals surface area contributed by atoms with Gasteiger partial charge in [-0.05, 0) is 60.5 Å². The lowest BCUT2D eigenvalue weighted by Crippen LogP contribution is -2.25. The maximum atomic E-state index is 12.8. The van der Waals surface area contributed by atoms with Crippen LogP contribution in [0.25, 0.3) is 0 Å². The van der Waals surface area contributed by atoms with Crippen molar-refractivity contribution in [3.8, 4) is 0 Å². The summed E-state index contributed by atoms with van der Waals surface area (Å²) in [6.07, 6.45) is 4.90. The molecule has 0 aliphatic carbocycles. The van der Waals surface area contributed by atoms with Gasteiger partial charge < -0.3 is 9.88 Å². The van der Waals surface area contributed by atoms with E-state index in [2.05, 4.69) is 9.88 Å². The molecule has 1 aliphatic heterocycles. The van der Waals surface area contributed by atoms with Crippen molar-refractivity contribution < 1.29 is 13.2 Å². The van der Waals surface area contributed by atoms with Crippen LogP contribution in [0.15, 0.2) is 73.1 Å². The molecule has 8 heteroatoms. The lowest BCUT2D eigenvalue weighted by molar-refractivity contribution is -0.116. The monoisotopic (exact) mass is 457 g/mol. The summed E-state index contributed by atoms with van der Waals surface area (Å²) in [5.74, 6) is 0.0613. The molecule has 2 heterocycles. The van der Waals surface area contributed by atoms with E-state index in [0.717, 1.165) is 5.56 Å². The zero-order valence-electron chi connectivity index (χ0n) is 16.9. The van der Waals surface area contributed by atoms with Crippen molar-refractivity contribution in [3.63, 3.8) is 0 Å². The molecule has 0 spiro atoms. The number of carbonyl (C=O) groups excluding carboxylic acids is 1.